The molecule has 0 bridgehead atoms. The van der Waals surface area contributed by atoms with Gasteiger partial charge < -0.3 is 5.32 Å². The van der Waals surface area contributed by atoms with Crippen LogP contribution in [0.25, 0.3) is 0 Å². The number of nitrogens with zero attached hydrogens (tertiary/aromatic N) is 1. The highest BCUT2D eigenvalue weighted by molar-refractivity contribution is 6.30. The average Bonchev–Trinajstić information content (AvgIpc) is 2.49. The van der Waals surface area contributed by atoms with Gasteiger partial charge >= 0.3 is 0 Å². The highest BCUT2D eigenvalue weighted by Crippen LogP contribution is 2.21. The Balaban J connectivity index is 2.08. The van der Waals surface area contributed by atoms with Crippen molar-refractivity contribution < 1.29 is 9.72 Å². The van der Waals surface area contributed by atoms with Gasteiger partial charge in [0.25, 0.3) is 5.69 Å². The predicted molar refractivity (Wildman–Crippen MR) is 81.6 cm³/mol. The minimum absolute atomic E-state index is 0.00376. The van der Waals surface area contributed by atoms with Gasteiger partial charge in [-0.3, -0.25) is 14.9 Å². The molecule has 1 amide bonds. The number of anilines is 1. The molecule has 0 spiro atoms. The highest BCUT2D eigenvalue weighted by atomic mass is 35.5. The Labute approximate surface area is 126 Å². The van der Waals surface area contributed by atoms with Crippen molar-refractivity contribution in [1.29, 1.82) is 0 Å². The molecule has 0 saturated carbocycles. The van der Waals surface area contributed by atoms with Crippen LogP contribution in [0, 0.1) is 10.1 Å². The zero-order valence-electron chi connectivity index (χ0n) is 11.2. The van der Waals surface area contributed by atoms with Gasteiger partial charge in [-0.25, -0.2) is 0 Å². The quantitative estimate of drug-likeness (QED) is 0.685. The molecule has 6 heteroatoms. The third-order valence-electron chi connectivity index (χ3n) is 3.11. The van der Waals surface area contributed by atoms with E-state index in [2.05, 4.69) is 5.32 Å². The van der Waals surface area contributed by atoms with Crippen molar-refractivity contribution in [2.24, 2.45) is 0 Å². The second-order valence-corrected chi connectivity index (χ2v) is 5.00. The molecule has 0 aliphatic heterocycles. The van der Waals surface area contributed by atoms with Gasteiger partial charge in [0.05, 0.1) is 10.8 Å². The van der Waals surface area contributed by atoms with Crippen LogP contribution in [-0.2, 0) is 4.79 Å². The van der Waals surface area contributed by atoms with Gasteiger partial charge in [-0.05, 0) is 36.8 Å². The minimum Gasteiger partial charge on any atom is -0.326 e. The summed E-state index contributed by atoms with van der Waals surface area (Å²) in [6, 6.07) is 12.8. The van der Waals surface area contributed by atoms with Crippen molar-refractivity contribution in [3.63, 3.8) is 0 Å². The molecular weight excluding hydrogens is 292 g/mol. The van der Waals surface area contributed by atoms with E-state index in [0.29, 0.717) is 16.3 Å². The number of benzene rings is 2. The number of hydrogen-bond acceptors (Lipinski definition) is 3. The van der Waals surface area contributed by atoms with E-state index in [9.17, 15) is 14.9 Å². The van der Waals surface area contributed by atoms with E-state index in [4.69, 9.17) is 11.6 Å². The first-order chi connectivity index (χ1) is 9.97. The Kier molecular flexibility index (Phi) is 4.55. The number of hydrogen-bond donors (Lipinski definition) is 1. The predicted octanol–water partition coefficient (Wildman–Crippen LogP) is 3.99. The summed E-state index contributed by atoms with van der Waals surface area (Å²) in [5.41, 5.74) is 1.37. The van der Waals surface area contributed by atoms with Crippen molar-refractivity contribution in [1.82, 2.24) is 0 Å². The molecule has 0 fully saturated rings. The first kappa shape index (κ1) is 15.0. The van der Waals surface area contributed by atoms with E-state index in [-0.39, 0.29) is 11.6 Å². The molecule has 0 aliphatic rings. The van der Waals surface area contributed by atoms with E-state index in [0.717, 1.165) is 0 Å². The molecule has 0 radical (unpaired) electrons. The smallest absolute Gasteiger partial charge is 0.269 e. The maximum absolute atomic E-state index is 12.1. The molecule has 0 aromatic heterocycles. The Hall–Kier alpha value is -2.40. The van der Waals surface area contributed by atoms with Gasteiger partial charge in [-0.1, -0.05) is 23.7 Å². The first-order valence-electron chi connectivity index (χ1n) is 6.28. The van der Waals surface area contributed by atoms with E-state index in [1.165, 1.54) is 12.1 Å². The summed E-state index contributed by atoms with van der Waals surface area (Å²) >= 11 is 5.78. The number of carbonyl (C=O) groups excluding carboxylic acids is 1. The summed E-state index contributed by atoms with van der Waals surface area (Å²) in [4.78, 5) is 22.3. The topological polar surface area (TPSA) is 72.2 Å². The van der Waals surface area contributed by atoms with Crippen molar-refractivity contribution in [3.8, 4) is 0 Å². The lowest BCUT2D eigenvalue weighted by molar-refractivity contribution is -0.384. The summed E-state index contributed by atoms with van der Waals surface area (Å²) < 4.78 is 0. The van der Waals surface area contributed by atoms with Crippen molar-refractivity contribution >= 4 is 28.9 Å². The molecule has 2 aromatic carbocycles. The van der Waals surface area contributed by atoms with Crippen LogP contribution < -0.4 is 5.32 Å². The summed E-state index contributed by atoms with van der Waals surface area (Å²) in [5.74, 6) is -0.604. The Bertz CT molecular complexity index is 654. The van der Waals surface area contributed by atoms with Gasteiger partial charge in [0.15, 0.2) is 0 Å². The van der Waals surface area contributed by atoms with Crippen LogP contribution in [0.2, 0.25) is 5.02 Å². The number of nitro groups is 1. The van der Waals surface area contributed by atoms with Crippen LogP contribution in [0.1, 0.15) is 18.4 Å². The maximum Gasteiger partial charge on any atom is 0.269 e. The zero-order chi connectivity index (χ0) is 15.4. The van der Waals surface area contributed by atoms with Gasteiger partial charge in [0, 0.05) is 22.8 Å². The van der Waals surface area contributed by atoms with E-state index in [1.807, 2.05) is 0 Å². The average molecular weight is 305 g/mol. The van der Waals surface area contributed by atoms with Crippen LogP contribution in [0.4, 0.5) is 11.4 Å². The van der Waals surface area contributed by atoms with Crippen LogP contribution in [0.3, 0.4) is 0 Å². The second-order valence-electron chi connectivity index (χ2n) is 4.57. The third-order valence-corrected chi connectivity index (χ3v) is 3.36. The number of halogens is 1. The summed E-state index contributed by atoms with van der Waals surface area (Å²) in [5, 5.41) is 14.0. The van der Waals surface area contributed by atoms with Crippen LogP contribution >= 0.6 is 11.6 Å². The molecule has 1 atom stereocenters. The summed E-state index contributed by atoms with van der Waals surface area (Å²) in [6.45, 7) is 1.74. The van der Waals surface area contributed by atoms with Crippen molar-refractivity contribution in [3.05, 3.63) is 69.2 Å². The molecule has 2 aromatic rings. The lowest BCUT2D eigenvalue weighted by Crippen LogP contribution is -2.18. The van der Waals surface area contributed by atoms with Gasteiger partial charge in [-0.2, -0.15) is 0 Å². The number of non-ortho nitro benzene ring substituents is 1. The fourth-order valence-electron chi connectivity index (χ4n) is 1.82. The lowest BCUT2D eigenvalue weighted by atomic mass is 10.00. The molecule has 0 saturated heterocycles. The number of nitrogens with one attached hydrogen (secondary N) is 1. The van der Waals surface area contributed by atoms with Crippen LogP contribution in [0.15, 0.2) is 48.5 Å². The maximum atomic E-state index is 12.1. The fraction of sp³-hybridized carbons (Fsp3) is 0.133. The number of amides is 1. The normalized spacial score (nSPS) is 11.7. The van der Waals surface area contributed by atoms with Gasteiger partial charge in [-0.15, -0.1) is 0 Å². The van der Waals surface area contributed by atoms with Gasteiger partial charge in [0.1, 0.15) is 0 Å². The fourth-order valence-corrected chi connectivity index (χ4v) is 1.95. The zero-order valence-corrected chi connectivity index (χ0v) is 12.0. The van der Waals surface area contributed by atoms with Crippen LogP contribution in [0.5, 0.6) is 0 Å². The molecular formula is C15H13ClN2O3. The van der Waals surface area contributed by atoms with E-state index in [1.54, 1.807) is 43.3 Å². The lowest BCUT2D eigenvalue weighted by Gasteiger charge is -2.12. The summed E-state index contributed by atoms with van der Waals surface area (Å²) in [7, 11) is 0. The number of rotatable bonds is 4. The number of carbonyl (C=O) groups is 1. The van der Waals surface area contributed by atoms with E-state index >= 15 is 0 Å². The standard InChI is InChI=1S/C15H13ClN2O3/c1-10(11-2-8-14(9-3-11)18(20)21)15(19)17-13-6-4-12(16)5-7-13/h2-10H,1H3,(H,17,19)/t10-/m1/s1. The number of nitro benzene ring substituents is 1. The second kappa shape index (κ2) is 6.37. The Morgan fingerprint density at radius 2 is 1.71 bits per heavy atom. The summed E-state index contributed by atoms with van der Waals surface area (Å²) in [6.07, 6.45) is 0. The molecule has 5 nitrogen and oxygen atoms in total. The highest BCUT2D eigenvalue weighted by Gasteiger charge is 2.16. The Morgan fingerprint density at radius 1 is 1.14 bits per heavy atom. The molecule has 0 aliphatic carbocycles. The Morgan fingerprint density at radius 3 is 2.24 bits per heavy atom. The van der Waals surface area contributed by atoms with Crippen molar-refractivity contribution in [2.45, 2.75) is 12.8 Å². The molecule has 1 N–H and O–H groups in total. The monoisotopic (exact) mass is 304 g/mol. The van der Waals surface area contributed by atoms with Gasteiger partial charge in [0.2, 0.25) is 5.91 Å². The molecule has 21 heavy (non-hydrogen) atoms. The molecule has 2 rings (SSSR count). The van der Waals surface area contributed by atoms with E-state index < -0.39 is 10.8 Å². The minimum atomic E-state index is -0.470. The molecule has 108 valence electrons. The van der Waals surface area contributed by atoms with Crippen molar-refractivity contribution in [2.75, 3.05) is 5.32 Å². The third kappa shape index (κ3) is 3.79. The first-order valence-corrected chi connectivity index (χ1v) is 6.66. The SMILES string of the molecule is C[C@@H](C(=O)Nc1ccc(Cl)cc1)c1ccc([N+](=O)[O-])cc1. The molecule has 0 unspecified atom stereocenters. The largest absolute Gasteiger partial charge is 0.326 e. The molecule has 0 heterocycles. The van der Waals surface area contributed by atoms with Crippen LogP contribution in [-0.4, -0.2) is 10.8 Å².